The van der Waals surface area contributed by atoms with Gasteiger partial charge in [-0.2, -0.15) is 0 Å². The molecular weight excluding hydrogens is 343 g/mol. The minimum absolute atomic E-state index is 0.0623. The maximum absolute atomic E-state index is 13.7. The normalized spacial score (nSPS) is 11.8. The zero-order valence-electron chi connectivity index (χ0n) is 12.5. The van der Waals surface area contributed by atoms with Gasteiger partial charge in [-0.05, 0) is 19.1 Å². The summed E-state index contributed by atoms with van der Waals surface area (Å²) >= 11 is 5.64. The van der Waals surface area contributed by atoms with Crippen molar-refractivity contribution in [2.75, 3.05) is 12.3 Å². The van der Waals surface area contributed by atoms with Crippen LogP contribution in [0.3, 0.4) is 0 Å². The third-order valence-corrected chi connectivity index (χ3v) is 3.28. The van der Waals surface area contributed by atoms with Gasteiger partial charge >= 0.3 is 5.69 Å². The van der Waals surface area contributed by atoms with E-state index in [1.54, 1.807) is 6.92 Å². The molecule has 1 aromatic heterocycles. The van der Waals surface area contributed by atoms with E-state index in [0.717, 1.165) is 0 Å². The number of ether oxygens (including phenoxy) is 1. The highest BCUT2D eigenvalue weighted by Gasteiger charge is 2.17. The Morgan fingerprint density at radius 3 is 2.83 bits per heavy atom. The molecule has 1 aromatic carbocycles. The summed E-state index contributed by atoms with van der Waals surface area (Å²) in [6.45, 7) is 1.51. The van der Waals surface area contributed by atoms with E-state index in [-0.39, 0.29) is 23.1 Å². The Bertz CT molecular complexity index is 880. The van der Waals surface area contributed by atoms with Crippen molar-refractivity contribution >= 4 is 23.2 Å². The van der Waals surface area contributed by atoms with Crippen LogP contribution in [0.4, 0.5) is 10.1 Å². The summed E-state index contributed by atoms with van der Waals surface area (Å²) in [7, 11) is 0. The first-order valence-electron chi connectivity index (χ1n) is 6.79. The Labute approximate surface area is 139 Å². The molecule has 0 saturated heterocycles. The van der Waals surface area contributed by atoms with Crippen LogP contribution in [0.5, 0.6) is 5.75 Å². The summed E-state index contributed by atoms with van der Waals surface area (Å²) in [5, 5.41) is 2.39. The maximum Gasteiger partial charge on any atom is 0.326 e. The molecule has 1 heterocycles. The van der Waals surface area contributed by atoms with E-state index in [9.17, 15) is 18.8 Å². The van der Waals surface area contributed by atoms with Gasteiger partial charge in [0, 0.05) is 0 Å². The van der Waals surface area contributed by atoms with Crippen LogP contribution in [0.1, 0.15) is 17.4 Å². The zero-order chi connectivity index (χ0) is 17.9. The Morgan fingerprint density at radius 1 is 1.42 bits per heavy atom. The highest BCUT2D eigenvalue weighted by Crippen LogP contribution is 2.24. The highest BCUT2D eigenvalue weighted by atomic mass is 35.5. The van der Waals surface area contributed by atoms with Crippen molar-refractivity contribution in [1.82, 2.24) is 15.3 Å². The van der Waals surface area contributed by atoms with E-state index in [1.807, 2.05) is 4.98 Å². The largest absolute Gasteiger partial charge is 0.488 e. The lowest BCUT2D eigenvalue weighted by Gasteiger charge is -2.16. The lowest BCUT2D eigenvalue weighted by molar-refractivity contribution is 0.0921. The standard InChI is InChI=1S/C14H14ClFN4O4/c1-6(5-24-8-4-2-3-7(15)9(8)16)18-13(22)11-10(17)12(21)20-14(23)19-11/h2-4,6H,5,17H2,1H3,(H,18,22)(H2,19,20,21,23)/t6-/m1/s1. The quantitative estimate of drug-likeness (QED) is 0.624. The average molecular weight is 357 g/mol. The summed E-state index contributed by atoms with van der Waals surface area (Å²) in [5.74, 6) is -1.54. The topological polar surface area (TPSA) is 130 Å². The zero-order valence-corrected chi connectivity index (χ0v) is 13.2. The van der Waals surface area contributed by atoms with Crippen molar-refractivity contribution in [2.45, 2.75) is 13.0 Å². The number of benzene rings is 1. The van der Waals surface area contributed by atoms with Crippen LogP contribution in [-0.2, 0) is 0 Å². The molecule has 0 aliphatic heterocycles. The number of hydrogen-bond acceptors (Lipinski definition) is 5. The van der Waals surface area contributed by atoms with Crippen LogP contribution >= 0.6 is 11.6 Å². The molecule has 0 spiro atoms. The van der Waals surface area contributed by atoms with Crippen molar-refractivity contribution in [2.24, 2.45) is 0 Å². The molecule has 0 saturated carbocycles. The molecule has 0 fully saturated rings. The van der Waals surface area contributed by atoms with Crippen molar-refractivity contribution in [1.29, 1.82) is 0 Å². The molecule has 0 bridgehead atoms. The minimum atomic E-state index is -0.867. The van der Waals surface area contributed by atoms with E-state index >= 15 is 0 Å². The van der Waals surface area contributed by atoms with Gasteiger partial charge in [0.1, 0.15) is 18.0 Å². The minimum Gasteiger partial charge on any atom is -0.488 e. The molecule has 128 valence electrons. The third-order valence-electron chi connectivity index (χ3n) is 2.99. The van der Waals surface area contributed by atoms with Gasteiger partial charge in [-0.1, -0.05) is 17.7 Å². The van der Waals surface area contributed by atoms with E-state index in [2.05, 4.69) is 10.3 Å². The van der Waals surface area contributed by atoms with Crippen LogP contribution in [0.15, 0.2) is 27.8 Å². The maximum atomic E-state index is 13.7. The molecule has 0 aliphatic rings. The number of nitrogen functional groups attached to an aromatic ring is 1. The average Bonchev–Trinajstić information content (AvgIpc) is 2.52. The lowest BCUT2D eigenvalue weighted by Crippen LogP contribution is -2.40. The molecule has 24 heavy (non-hydrogen) atoms. The molecule has 8 nitrogen and oxygen atoms in total. The Hall–Kier alpha value is -2.81. The number of nitrogens with one attached hydrogen (secondary N) is 3. The SMILES string of the molecule is C[C@H](COc1cccc(Cl)c1F)NC(=O)c1[nH]c(=O)[nH]c(=O)c1N. The number of carbonyl (C=O) groups excluding carboxylic acids is 1. The first-order valence-corrected chi connectivity index (χ1v) is 7.17. The number of aromatic nitrogens is 2. The lowest BCUT2D eigenvalue weighted by atomic mass is 10.3. The second-order valence-electron chi connectivity index (χ2n) is 4.93. The van der Waals surface area contributed by atoms with E-state index in [1.165, 1.54) is 18.2 Å². The number of hydrogen-bond donors (Lipinski definition) is 4. The van der Waals surface area contributed by atoms with Crippen molar-refractivity contribution in [3.05, 3.63) is 55.6 Å². The van der Waals surface area contributed by atoms with Crippen molar-refractivity contribution < 1.29 is 13.9 Å². The smallest absolute Gasteiger partial charge is 0.326 e. The van der Waals surface area contributed by atoms with Crippen LogP contribution < -0.4 is 27.0 Å². The molecule has 0 unspecified atom stereocenters. The van der Waals surface area contributed by atoms with Crippen LogP contribution in [0, 0.1) is 5.82 Å². The summed E-state index contributed by atoms with van der Waals surface area (Å²) in [5.41, 5.74) is 2.96. The molecule has 2 aromatic rings. The number of nitrogens with two attached hydrogens (primary N) is 1. The van der Waals surface area contributed by atoms with Gasteiger partial charge in [-0.25, -0.2) is 9.18 Å². The summed E-state index contributed by atoms with van der Waals surface area (Å²) in [6.07, 6.45) is 0. The Kier molecular flexibility index (Phi) is 5.24. The number of halogens is 2. The van der Waals surface area contributed by atoms with Crippen molar-refractivity contribution in [3.63, 3.8) is 0 Å². The summed E-state index contributed by atoms with van der Waals surface area (Å²) in [4.78, 5) is 38.7. The van der Waals surface area contributed by atoms with Gasteiger partial charge in [0.2, 0.25) is 0 Å². The van der Waals surface area contributed by atoms with Crippen LogP contribution in [0.25, 0.3) is 0 Å². The molecule has 1 amide bonds. The predicted molar refractivity (Wildman–Crippen MR) is 85.9 cm³/mol. The van der Waals surface area contributed by atoms with Crippen LogP contribution in [0.2, 0.25) is 5.02 Å². The number of amides is 1. The van der Waals surface area contributed by atoms with E-state index in [4.69, 9.17) is 22.1 Å². The number of carbonyl (C=O) groups is 1. The second-order valence-corrected chi connectivity index (χ2v) is 5.34. The summed E-state index contributed by atoms with van der Waals surface area (Å²) < 4.78 is 18.9. The fourth-order valence-electron chi connectivity index (χ4n) is 1.82. The highest BCUT2D eigenvalue weighted by molar-refractivity contribution is 6.30. The fourth-order valence-corrected chi connectivity index (χ4v) is 1.99. The molecule has 2 rings (SSSR count). The van der Waals surface area contributed by atoms with Gasteiger partial charge in [-0.15, -0.1) is 0 Å². The monoisotopic (exact) mass is 356 g/mol. The molecule has 0 aliphatic carbocycles. The number of H-pyrrole nitrogens is 2. The van der Waals surface area contributed by atoms with Gasteiger partial charge in [-0.3, -0.25) is 14.6 Å². The second kappa shape index (κ2) is 7.18. The van der Waals surface area contributed by atoms with E-state index < -0.39 is 34.7 Å². The fraction of sp³-hybridized carbons (Fsp3) is 0.214. The Morgan fingerprint density at radius 2 is 2.12 bits per heavy atom. The molecule has 10 heteroatoms. The van der Waals surface area contributed by atoms with E-state index in [0.29, 0.717) is 0 Å². The Balaban J connectivity index is 2.03. The van der Waals surface area contributed by atoms with Gasteiger partial charge in [0.05, 0.1) is 11.1 Å². The summed E-state index contributed by atoms with van der Waals surface area (Å²) in [6, 6.07) is 3.72. The number of aromatic amines is 2. The molecule has 5 N–H and O–H groups in total. The van der Waals surface area contributed by atoms with Gasteiger partial charge in [0.15, 0.2) is 11.6 Å². The predicted octanol–water partition coefficient (Wildman–Crippen LogP) is 0.635. The third kappa shape index (κ3) is 3.93. The number of rotatable bonds is 5. The van der Waals surface area contributed by atoms with Crippen LogP contribution in [-0.4, -0.2) is 28.5 Å². The van der Waals surface area contributed by atoms with Crippen molar-refractivity contribution in [3.8, 4) is 5.75 Å². The first-order chi connectivity index (χ1) is 11.3. The number of anilines is 1. The molecular formula is C14H14ClFN4O4. The van der Waals surface area contributed by atoms with Gasteiger partial charge in [0.25, 0.3) is 11.5 Å². The molecule has 0 radical (unpaired) electrons. The first kappa shape index (κ1) is 17.5. The van der Waals surface area contributed by atoms with Gasteiger partial charge < -0.3 is 20.8 Å². The molecule has 1 atom stereocenters.